The molecule has 2 amide bonds. The highest BCUT2D eigenvalue weighted by atomic mass is 16.6. The van der Waals surface area contributed by atoms with Crippen LogP contribution >= 0.6 is 0 Å². The summed E-state index contributed by atoms with van der Waals surface area (Å²) >= 11 is 0. The van der Waals surface area contributed by atoms with E-state index in [0.717, 1.165) is 5.69 Å². The minimum absolute atomic E-state index is 0.0132. The maximum absolute atomic E-state index is 11.6. The fourth-order valence-corrected chi connectivity index (χ4v) is 2.06. The number of amides is 2. The maximum Gasteiger partial charge on any atom is 0.407 e. The van der Waals surface area contributed by atoms with Crippen LogP contribution in [0.25, 0.3) is 0 Å². The van der Waals surface area contributed by atoms with Gasteiger partial charge in [0.2, 0.25) is 0 Å². The lowest BCUT2D eigenvalue weighted by Gasteiger charge is -2.22. The molecular weight excluding hydrogens is 298 g/mol. The number of anilines is 2. The monoisotopic (exact) mass is 321 g/mol. The van der Waals surface area contributed by atoms with Crippen LogP contribution in [0.15, 0.2) is 18.2 Å². The van der Waals surface area contributed by atoms with E-state index < -0.39 is 11.7 Å². The molecule has 1 heterocycles. The Hall–Kier alpha value is -2.44. The molecule has 2 rings (SSSR count). The second kappa shape index (κ2) is 6.76. The van der Waals surface area contributed by atoms with E-state index in [4.69, 9.17) is 9.47 Å². The van der Waals surface area contributed by atoms with Gasteiger partial charge in [-0.25, -0.2) is 4.79 Å². The van der Waals surface area contributed by atoms with Crippen molar-refractivity contribution in [3.8, 4) is 5.75 Å². The molecule has 3 N–H and O–H groups in total. The third-order valence-electron chi connectivity index (χ3n) is 2.98. The predicted octanol–water partition coefficient (Wildman–Crippen LogP) is 2.34. The molecule has 7 heteroatoms. The van der Waals surface area contributed by atoms with E-state index in [-0.39, 0.29) is 18.6 Å². The Bertz CT molecular complexity index is 595. The highest BCUT2D eigenvalue weighted by Crippen LogP contribution is 2.30. The SMILES string of the molecule is CC(CNC(=O)OC(C)(C)C)Nc1ccc2c(c1)NC(=O)CO2. The number of nitrogens with one attached hydrogen (secondary N) is 3. The van der Waals surface area contributed by atoms with E-state index in [2.05, 4.69) is 16.0 Å². The lowest BCUT2D eigenvalue weighted by Crippen LogP contribution is -2.38. The second-order valence-corrected chi connectivity index (χ2v) is 6.48. The molecule has 0 saturated heterocycles. The summed E-state index contributed by atoms with van der Waals surface area (Å²) in [5.74, 6) is 0.476. The van der Waals surface area contributed by atoms with Gasteiger partial charge in [0.15, 0.2) is 6.61 Å². The van der Waals surface area contributed by atoms with Gasteiger partial charge >= 0.3 is 6.09 Å². The zero-order valence-electron chi connectivity index (χ0n) is 13.9. The third kappa shape index (κ3) is 5.36. The number of alkyl carbamates (subject to hydrolysis) is 1. The highest BCUT2D eigenvalue weighted by Gasteiger charge is 2.18. The molecule has 1 atom stereocenters. The van der Waals surface area contributed by atoms with Crippen molar-refractivity contribution in [3.63, 3.8) is 0 Å². The Morgan fingerprint density at radius 1 is 1.43 bits per heavy atom. The lowest BCUT2D eigenvalue weighted by atomic mass is 10.2. The van der Waals surface area contributed by atoms with Gasteiger partial charge in [0.25, 0.3) is 5.91 Å². The zero-order chi connectivity index (χ0) is 17.0. The van der Waals surface area contributed by atoms with Gasteiger partial charge < -0.3 is 25.4 Å². The number of rotatable bonds is 4. The van der Waals surface area contributed by atoms with Crippen LogP contribution in [0.2, 0.25) is 0 Å². The molecule has 1 aromatic carbocycles. The number of carbonyl (C=O) groups excluding carboxylic acids is 2. The first kappa shape index (κ1) is 16.9. The van der Waals surface area contributed by atoms with Crippen LogP contribution in [0.3, 0.4) is 0 Å². The molecule has 1 aliphatic heterocycles. The van der Waals surface area contributed by atoms with Crippen LogP contribution in [0.1, 0.15) is 27.7 Å². The van der Waals surface area contributed by atoms with E-state index in [0.29, 0.717) is 18.0 Å². The molecule has 0 spiro atoms. The number of ether oxygens (including phenoxy) is 2. The summed E-state index contributed by atoms with van der Waals surface area (Å²) in [6.07, 6.45) is -0.447. The van der Waals surface area contributed by atoms with Crippen molar-refractivity contribution >= 4 is 23.4 Å². The van der Waals surface area contributed by atoms with Crippen LogP contribution in [0.4, 0.5) is 16.2 Å². The maximum atomic E-state index is 11.6. The Balaban J connectivity index is 1.86. The molecule has 126 valence electrons. The average molecular weight is 321 g/mol. The number of hydrogen-bond acceptors (Lipinski definition) is 5. The first-order chi connectivity index (χ1) is 10.7. The first-order valence-electron chi connectivity index (χ1n) is 7.53. The van der Waals surface area contributed by atoms with Gasteiger partial charge in [-0.3, -0.25) is 4.79 Å². The standard InChI is InChI=1S/C16H23N3O4/c1-10(8-17-15(21)23-16(2,3)4)18-11-5-6-13-12(7-11)19-14(20)9-22-13/h5-7,10,18H,8-9H2,1-4H3,(H,17,21)(H,19,20). The Labute approximate surface area is 135 Å². The quantitative estimate of drug-likeness (QED) is 0.792. The van der Waals surface area contributed by atoms with Gasteiger partial charge in [0.05, 0.1) is 5.69 Å². The topological polar surface area (TPSA) is 88.7 Å². The van der Waals surface area contributed by atoms with Crippen molar-refractivity contribution in [1.82, 2.24) is 5.32 Å². The molecule has 7 nitrogen and oxygen atoms in total. The smallest absolute Gasteiger partial charge is 0.407 e. The fourth-order valence-electron chi connectivity index (χ4n) is 2.06. The summed E-state index contributed by atoms with van der Waals surface area (Å²) in [7, 11) is 0. The molecular formula is C16H23N3O4. The van der Waals surface area contributed by atoms with Crippen LogP contribution in [0.5, 0.6) is 5.75 Å². The summed E-state index contributed by atoms with van der Waals surface area (Å²) in [6.45, 7) is 7.84. The Morgan fingerprint density at radius 2 is 2.17 bits per heavy atom. The van der Waals surface area contributed by atoms with E-state index in [1.165, 1.54) is 0 Å². The molecule has 0 bridgehead atoms. The van der Waals surface area contributed by atoms with Gasteiger partial charge in [-0.2, -0.15) is 0 Å². The number of benzene rings is 1. The summed E-state index contributed by atoms with van der Waals surface area (Å²) in [4.78, 5) is 23.0. The lowest BCUT2D eigenvalue weighted by molar-refractivity contribution is -0.118. The summed E-state index contributed by atoms with van der Waals surface area (Å²) < 4.78 is 10.5. The number of fused-ring (bicyclic) bond motifs is 1. The van der Waals surface area contributed by atoms with Gasteiger partial charge in [-0.1, -0.05) is 0 Å². The Morgan fingerprint density at radius 3 is 2.87 bits per heavy atom. The minimum Gasteiger partial charge on any atom is -0.482 e. The van der Waals surface area contributed by atoms with E-state index >= 15 is 0 Å². The average Bonchev–Trinajstić information content (AvgIpc) is 2.43. The molecule has 0 radical (unpaired) electrons. The molecule has 1 aromatic rings. The Kier molecular flexibility index (Phi) is 4.98. The molecule has 0 fully saturated rings. The van der Waals surface area contributed by atoms with Gasteiger partial charge in [0, 0.05) is 18.3 Å². The molecule has 0 saturated carbocycles. The summed E-state index contributed by atoms with van der Waals surface area (Å²) in [5.41, 5.74) is 0.948. The van der Waals surface area contributed by atoms with E-state index in [9.17, 15) is 9.59 Å². The normalized spacial score (nSPS) is 14.9. The second-order valence-electron chi connectivity index (χ2n) is 6.48. The first-order valence-corrected chi connectivity index (χ1v) is 7.53. The zero-order valence-corrected chi connectivity index (χ0v) is 13.9. The molecule has 1 aliphatic rings. The fraction of sp³-hybridized carbons (Fsp3) is 0.500. The van der Waals surface area contributed by atoms with Crippen molar-refractivity contribution in [1.29, 1.82) is 0 Å². The van der Waals surface area contributed by atoms with E-state index in [1.807, 2.05) is 33.8 Å². The third-order valence-corrected chi connectivity index (χ3v) is 2.98. The van der Waals surface area contributed by atoms with Crippen molar-refractivity contribution in [2.45, 2.75) is 39.3 Å². The number of carbonyl (C=O) groups is 2. The molecule has 1 unspecified atom stereocenters. The largest absolute Gasteiger partial charge is 0.482 e. The van der Waals surface area contributed by atoms with Crippen LogP contribution in [-0.4, -0.2) is 36.8 Å². The van der Waals surface area contributed by atoms with Crippen molar-refractivity contribution in [2.24, 2.45) is 0 Å². The van der Waals surface area contributed by atoms with Crippen molar-refractivity contribution in [2.75, 3.05) is 23.8 Å². The predicted molar refractivity (Wildman–Crippen MR) is 87.9 cm³/mol. The van der Waals surface area contributed by atoms with Gasteiger partial charge in [-0.05, 0) is 45.9 Å². The summed E-state index contributed by atoms with van der Waals surface area (Å²) in [6, 6.07) is 5.45. The summed E-state index contributed by atoms with van der Waals surface area (Å²) in [5, 5.41) is 8.71. The number of hydrogen-bond donors (Lipinski definition) is 3. The molecule has 0 aromatic heterocycles. The van der Waals surface area contributed by atoms with Crippen LogP contribution < -0.4 is 20.7 Å². The van der Waals surface area contributed by atoms with Crippen molar-refractivity contribution < 1.29 is 19.1 Å². The van der Waals surface area contributed by atoms with Crippen LogP contribution in [-0.2, 0) is 9.53 Å². The van der Waals surface area contributed by atoms with E-state index in [1.54, 1.807) is 12.1 Å². The minimum atomic E-state index is -0.516. The molecule has 23 heavy (non-hydrogen) atoms. The van der Waals surface area contributed by atoms with Gasteiger partial charge in [0.1, 0.15) is 11.4 Å². The van der Waals surface area contributed by atoms with Gasteiger partial charge in [-0.15, -0.1) is 0 Å². The molecule has 0 aliphatic carbocycles. The van der Waals surface area contributed by atoms with Crippen LogP contribution in [0, 0.1) is 0 Å². The van der Waals surface area contributed by atoms with Crippen molar-refractivity contribution in [3.05, 3.63) is 18.2 Å². The highest BCUT2D eigenvalue weighted by molar-refractivity contribution is 5.96.